The average Bonchev–Trinajstić information content (AvgIpc) is 3.11. The number of methoxy groups -OCH3 is 1. The first-order valence-corrected chi connectivity index (χ1v) is 6.96. The maximum Gasteiger partial charge on any atom is 0.267 e. The van der Waals surface area contributed by atoms with E-state index in [1.54, 1.807) is 49.6 Å². The molecule has 0 aliphatic rings. The van der Waals surface area contributed by atoms with Crippen LogP contribution < -0.4 is 10.3 Å². The number of carbonyl (C=O) groups excluding carboxylic acids is 1. The Morgan fingerprint density at radius 1 is 1.17 bits per heavy atom. The second-order valence-electron chi connectivity index (χ2n) is 4.84. The van der Waals surface area contributed by atoms with Gasteiger partial charge in [0, 0.05) is 11.6 Å². The number of rotatable bonds is 5. The Kier molecular flexibility index (Phi) is 4.05. The van der Waals surface area contributed by atoms with Crippen molar-refractivity contribution in [3.8, 4) is 17.2 Å². The first-order valence-electron chi connectivity index (χ1n) is 6.96. The van der Waals surface area contributed by atoms with Crippen molar-refractivity contribution in [3.05, 3.63) is 70.7 Å². The summed E-state index contributed by atoms with van der Waals surface area (Å²) in [5, 5.41) is 4.18. The van der Waals surface area contributed by atoms with Gasteiger partial charge in [0.1, 0.15) is 18.0 Å². The SMILES string of the molecule is COc1ccc(C(=O)Cn2nc(-c3ccco3)ccc2=O)cc1. The fraction of sp³-hybridized carbons (Fsp3) is 0.118. The second kappa shape index (κ2) is 6.31. The summed E-state index contributed by atoms with van der Waals surface area (Å²) >= 11 is 0. The minimum atomic E-state index is -0.345. The lowest BCUT2D eigenvalue weighted by Gasteiger charge is -2.06. The number of hydrogen-bond donors (Lipinski definition) is 0. The van der Waals surface area contributed by atoms with E-state index in [0.29, 0.717) is 22.8 Å². The van der Waals surface area contributed by atoms with Crippen LogP contribution in [0.3, 0.4) is 0 Å². The zero-order valence-corrected chi connectivity index (χ0v) is 12.4. The molecule has 0 aliphatic heterocycles. The molecule has 3 rings (SSSR count). The molecular weight excluding hydrogens is 296 g/mol. The monoisotopic (exact) mass is 310 g/mol. The Hall–Kier alpha value is -3.15. The molecule has 0 saturated carbocycles. The Balaban J connectivity index is 1.85. The highest BCUT2D eigenvalue weighted by atomic mass is 16.5. The molecule has 1 aromatic carbocycles. The summed E-state index contributed by atoms with van der Waals surface area (Å²) in [6, 6.07) is 13.1. The van der Waals surface area contributed by atoms with Gasteiger partial charge in [-0.05, 0) is 42.5 Å². The van der Waals surface area contributed by atoms with Gasteiger partial charge in [0.15, 0.2) is 11.5 Å². The molecule has 6 heteroatoms. The van der Waals surface area contributed by atoms with Crippen molar-refractivity contribution in [3.63, 3.8) is 0 Å². The van der Waals surface area contributed by atoms with E-state index in [1.807, 2.05) is 0 Å². The number of furan rings is 1. The topological polar surface area (TPSA) is 74.3 Å². The Morgan fingerprint density at radius 3 is 2.61 bits per heavy atom. The Bertz CT molecular complexity index is 864. The predicted molar refractivity (Wildman–Crippen MR) is 83.5 cm³/mol. The van der Waals surface area contributed by atoms with Crippen LogP contribution in [0.5, 0.6) is 5.75 Å². The van der Waals surface area contributed by atoms with Crippen molar-refractivity contribution in [2.45, 2.75) is 6.54 Å². The fourth-order valence-corrected chi connectivity index (χ4v) is 2.12. The predicted octanol–water partition coefficient (Wildman–Crippen LogP) is 2.39. The number of aromatic nitrogens is 2. The lowest BCUT2D eigenvalue weighted by molar-refractivity contribution is 0.0965. The number of benzene rings is 1. The first-order chi connectivity index (χ1) is 11.2. The van der Waals surface area contributed by atoms with E-state index in [9.17, 15) is 9.59 Å². The second-order valence-corrected chi connectivity index (χ2v) is 4.84. The van der Waals surface area contributed by atoms with Gasteiger partial charge in [-0.2, -0.15) is 5.10 Å². The number of ketones is 1. The minimum absolute atomic E-state index is 0.139. The van der Waals surface area contributed by atoms with Gasteiger partial charge < -0.3 is 9.15 Å². The Morgan fingerprint density at radius 2 is 1.96 bits per heavy atom. The van der Waals surface area contributed by atoms with Crippen LogP contribution in [0.1, 0.15) is 10.4 Å². The van der Waals surface area contributed by atoms with Gasteiger partial charge in [-0.15, -0.1) is 0 Å². The first kappa shape index (κ1) is 14.8. The molecule has 0 amide bonds. The highest BCUT2D eigenvalue weighted by Crippen LogP contribution is 2.15. The zero-order chi connectivity index (χ0) is 16.2. The van der Waals surface area contributed by atoms with Gasteiger partial charge in [0.25, 0.3) is 5.56 Å². The van der Waals surface area contributed by atoms with Gasteiger partial charge in [-0.3, -0.25) is 9.59 Å². The third-order valence-corrected chi connectivity index (χ3v) is 3.35. The summed E-state index contributed by atoms with van der Waals surface area (Å²) in [5.74, 6) is 0.992. The molecule has 23 heavy (non-hydrogen) atoms. The van der Waals surface area contributed by atoms with Gasteiger partial charge in [-0.1, -0.05) is 0 Å². The van der Waals surface area contributed by atoms with Crippen molar-refractivity contribution in [1.29, 1.82) is 0 Å². The summed E-state index contributed by atoms with van der Waals surface area (Å²) in [4.78, 5) is 24.2. The van der Waals surface area contributed by atoms with Crippen molar-refractivity contribution in [1.82, 2.24) is 9.78 Å². The third-order valence-electron chi connectivity index (χ3n) is 3.35. The molecule has 0 unspecified atom stereocenters. The highest BCUT2D eigenvalue weighted by molar-refractivity contribution is 5.95. The lowest BCUT2D eigenvalue weighted by atomic mass is 10.1. The quantitative estimate of drug-likeness (QED) is 0.676. The molecule has 0 aliphatic carbocycles. The van der Waals surface area contributed by atoms with Crippen LogP contribution in [0.25, 0.3) is 11.5 Å². The van der Waals surface area contributed by atoms with Gasteiger partial charge in [0.2, 0.25) is 0 Å². The molecule has 116 valence electrons. The van der Waals surface area contributed by atoms with Crippen molar-refractivity contribution in [2.24, 2.45) is 0 Å². The van der Waals surface area contributed by atoms with Crippen LogP contribution in [0, 0.1) is 0 Å². The standard InChI is InChI=1S/C17H14N2O4/c1-22-13-6-4-12(5-7-13)15(20)11-19-17(21)9-8-14(18-19)16-3-2-10-23-16/h2-10H,11H2,1H3. The molecule has 0 spiro atoms. The molecule has 3 aromatic rings. The Labute approximate surface area is 131 Å². The normalized spacial score (nSPS) is 10.5. The van der Waals surface area contributed by atoms with Crippen LogP contribution in [-0.4, -0.2) is 22.7 Å². The van der Waals surface area contributed by atoms with Crippen molar-refractivity contribution in [2.75, 3.05) is 7.11 Å². The van der Waals surface area contributed by atoms with Crippen molar-refractivity contribution >= 4 is 5.78 Å². The van der Waals surface area contributed by atoms with E-state index >= 15 is 0 Å². The number of nitrogens with zero attached hydrogens (tertiary/aromatic N) is 2. The van der Waals surface area contributed by atoms with Gasteiger partial charge in [0.05, 0.1) is 13.4 Å². The van der Waals surface area contributed by atoms with Crippen LogP contribution in [0.4, 0.5) is 0 Å². The molecule has 2 heterocycles. The molecule has 0 fully saturated rings. The zero-order valence-electron chi connectivity index (χ0n) is 12.4. The van der Waals surface area contributed by atoms with E-state index in [-0.39, 0.29) is 17.9 Å². The maximum absolute atomic E-state index is 12.3. The van der Waals surface area contributed by atoms with Gasteiger partial charge >= 0.3 is 0 Å². The minimum Gasteiger partial charge on any atom is -0.497 e. The van der Waals surface area contributed by atoms with E-state index in [0.717, 1.165) is 4.68 Å². The van der Waals surface area contributed by atoms with E-state index < -0.39 is 0 Å². The molecule has 2 aromatic heterocycles. The largest absolute Gasteiger partial charge is 0.497 e. The van der Waals surface area contributed by atoms with Crippen LogP contribution >= 0.6 is 0 Å². The number of Topliss-reactive ketones (excluding diaryl/α,β-unsaturated/α-hetero) is 1. The summed E-state index contributed by atoms with van der Waals surface area (Å²) in [5.41, 5.74) is 0.641. The van der Waals surface area contributed by atoms with Gasteiger partial charge in [-0.25, -0.2) is 4.68 Å². The van der Waals surface area contributed by atoms with Crippen molar-refractivity contribution < 1.29 is 13.9 Å². The van der Waals surface area contributed by atoms with E-state index in [2.05, 4.69) is 5.10 Å². The fourth-order valence-electron chi connectivity index (χ4n) is 2.12. The number of carbonyl (C=O) groups is 1. The third kappa shape index (κ3) is 3.21. The molecule has 0 saturated heterocycles. The molecule has 0 atom stereocenters. The molecule has 0 radical (unpaired) electrons. The summed E-state index contributed by atoms with van der Waals surface area (Å²) < 4.78 is 11.4. The molecule has 0 bridgehead atoms. The van der Waals surface area contributed by atoms with Crippen LogP contribution in [-0.2, 0) is 6.54 Å². The summed E-state index contributed by atoms with van der Waals surface area (Å²) in [7, 11) is 1.56. The lowest BCUT2D eigenvalue weighted by Crippen LogP contribution is -2.26. The van der Waals surface area contributed by atoms with E-state index in [4.69, 9.17) is 9.15 Å². The smallest absolute Gasteiger partial charge is 0.267 e. The molecular formula is C17H14N2O4. The number of ether oxygens (including phenoxy) is 1. The molecule has 0 N–H and O–H groups in total. The number of hydrogen-bond acceptors (Lipinski definition) is 5. The van der Waals surface area contributed by atoms with Crippen LogP contribution in [0.2, 0.25) is 0 Å². The maximum atomic E-state index is 12.3. The molecule has 6 nitrogen and oxygen atoms in total. The van der Waals surface area contributed by atoms with Crippen LogP contribution in [0.15, 0.2) is 64.0 Å². The van der Waals surface area contributed by atoms with E-state index in [1.165, 1.54) is 12.3 Å². The highest BCUT2D eigenvalue weighted by Gasteiger charge is 2.11. The summed E-state index contributed by atoms with van der Waals surface area (Å²) in [6.07, 6.45) is 1.52. The average molecular weight is 310 g/mol. The summed E-state index contributed by atoms with van der Waals surface area (Å²) in [6.45, 7) is -0.139.